The van der Waals surface area contributed by atoms with Crippen LogP contribution >= 0.6 is 15.9 Å². The number of nitrogens with zero attached hydrogens (tertiary/aromatic N) is 3. The lowest BCUT2D eigenvalue weighted by Crippen LogP contribution is -2.08. The van der Waals surface area contributed by atoms with Crippen LogP contribution in [0.2, 0.25) is 0 Å². The lowest BCUT2D eigenvalue weighted by Gasteiger charge is -2.05. The van der Waals surface area contributed by atoms with Gasteiger partial charge in [-0.2, -0.15) is 4.80 Å². The van der Waals surface area contributed by atoms with Crippen molar-refractivity contribution in [3.63, 3.8) is 0 Å². The first-order valence-electron chi connectivity index (χ1n) is 10.4. The summed E-state index contributed by atoms with van der Waals surface area (Å²) >= 11 is 3.42. The van der Waals surface area contributed by atoms with Gasteiger partial charge >= 0.3 is 0 Å². The van der Waals surface area contributed by atoms with Crippen molar-refractivity contribution < 1.29 is 13.6 Å². The van der Waals surface area contributed by atoms with E-state index in [0.29, 0.717) is 28.2 Å². The normalized spacial score (nSPS) is 11.4. The van der Waals surface area contributed by atoms with Gasteiger partial charge in [-0.25, -0.2) is 4.39 Å². The number of carbonyl (C=O) groups is 1. The highest BCUT2D eigenvalue weighted by Crippen LogP contribution is 2.25. The van der Waals surface area contributed by atoms with Crippen LogP contribution in [0.15, 0.2) is 87.8 Å². The fourth-order valence-electron chi connectivity index (χ4n) is 3.44. The number of anilines is 1. The summed E-state index contributed by atoms with van der Waals surface area (Å²) in [5.74, 6) is 0.670. The van der Waals surface area contributed by atoms with Crippen molar-refractivity contribution in [3.8, 4) is 17.0 Å². The molecule has 0 atom stereocenters. The second-order valence-electron chi connectivity index (χ2n) is 7.65. The predicted molar refractivity (Wildman–Crippen MR) is 133 cm³/mol. The maximum absolute atomic E-state index is 13.2. The summed E-state index contributed by atoms with van der Waals surface area (Å²) < 4.78 is 20.0. The molecule has 0 radical (unpaired) electrons. The van der Waals surface area contributed by atoms with Gasteiger partial charge in [-0.15, -0.1) is 10.2 Å². The predicted octanol–water partition coefficient (Wildman–Crippen LogP) is 6.54. The number of nitrogens with one attached hydrogen (secondary N) is 1. The molecule has 1 amide bonds. The zero-order chi connectivity index (χ0) is 23.7. The van der Waals surface area contributed by atoms with Crippen LogP contribution in [0, 0.1) is 12.7 Å². The zero-order valence-electron chi connectivity index (χ0n) is 18.0. The van der Waals surface area contributed by atoms with E-state index in [2.05, 4.69) is 31.4 Å². The van der Waals surface area contributed by atoms with Crippen molar-refractivity contribution in [3.05, 3.63) is 100 Å². The average Bonchev–Trinajstić information content (AvgIpc) is 3.46. The number of rotatable bonds is 5. The third-order valence-corrected chi connectivity index (χ3v) is 5.73. The molecular weight excluding hydrogens is 499 g/mol. The van der Waals surface area contributed by atoms with E-state index in [1.807, 2.05) is 49.4 Å². The van der Waals surface area contributed by atoms with E-state index in [1.54, 1.807) is 24.3 Å². The number of carbonyl (C=O) groups excluding carboxylic acids is 1. The molecule has 34 heavy (non-hydrogen) atoms. The Hall–Kier alpha value is -4.04. The van der Waals surface area contributed by atoms with Gasteiger partial charge < -0.3 is 9.73 Å². The molecule has 168 valence electrons. The van der Waals surface area contributed by atoms with E-state index >= 15 is 0 Å². The highest BCUT2D eigenvalue weighted by molar-refractivity contribution is 9.10. The van der Waals surface area contributed by atoms with Gasteiger partial charge in [-0.1, -0.05) is 28.1 Å². The summed E-state index contributed by atoms with van der Waals surface area (Å²) in [6, 6.07) is 21.0. The molecule has 0 aliphatic heterocycles. The Morgan fingerprint density at radius 3 is 2.44 bits per heavy atom. The van der Waals surface area contributed by atoms with Crippen LogP contribution < -0.4 is 5.32 Å². The van der Waals surface area contributed by atoms with Crippen molar-refractivity contribution >= 4 is 44.6 Å². The van der Waals surface area contributed by atoms with E-state index in [9.17, 15) is 9.18 Å². The topological polar surface area (TPSA) is 73.0 Å². The summed E-state index contributed by atoms with van der Waals surface area (Å²) in [5.41, 5.74) is 4.35. The average molecular weight is 517 g/mol. The van der Waals surface area contributed by atoms with Crippen LogP contribution in [-0.4, -0.2) is 20.9 Å². The Bertz CT molecular complexity index is 1520. The molecule has 1 N–H and O–H groups in total. The standard InChI is InChI=1S/C26H18BrFN4O2/c1-16-14-23-24(31-32(30-23)20-8-6-19(28)7-9-20)15-22(16)29-26(33)13-11-21-10-12-25(34-21)17-2-4-18(27)5-3-17/h2-15H,1H3,(H,29,33)/b13-11+. The van der Waals surface area contributed by atoms with Gasteiger partial charge in [0.2, 0.25) is 5.91 Å². The van der Waals surface area contributed by atoms with E-state index in [0.717, 1.165) is 21.4 Å². The number of aryl methyl sites for hydroxylation is 1. The molecule has 8 heteroatoms. The van der Waals surface area contributed by atoms with E-state index in [-0.39, 0.29) is 11.7 Å². The highest BCUT2D eigenvalue weighted by Gasteiger charge is 2.10. The van der Waals surface area contributed by atoms with Crippen LogP contribution in [0.1, 0.15) is 11.3 Å². The van der Waals surface area contributed by atoms with Crippen LogP contribution in [0.25, 0.3) is 34.1 Å². The maximum atomic E-state index is 13.2. The van der Waals surface area contributed by atoms with Gasteiger partial charge in [-0.05, 0) is 79.2 Å². The Morgan fingerprint density at radius 1 is 1.00 bits per heavy atom. The van der Waals surface area contributed by atoms with Gasteiger partial charge in [0, 0.05) is 21.8 Å². The molecular formula is C26H18BrFN4O2. The monoisotopic (exact) mass is 516 g/mol. The van der Waals surface area contributed by atoms with Crippen molar-refractivity contribution in [1.29, 1.82) is 0 Å². The molecule has 0 aliphatic rings. The Balaban J connectivity index is 1.31. The molecule has 5 rings (SSSR count). The molecule has 0 spiro atoms. The van der Waals surface area contributed by atoms with Crippen LogP contribution in [-0.2, 0) is 4.79 Å². The van der Waals surface area contributed by atoms with Gasteiger partial charge in [0.25, 0.3) is 0 Å². The number of aromatic nitrogens is 3. The van der Waals surface area contributed by atoms with Crippen LogP contribution in [0.3, 0.4) is 0 Å². The zero-order valence-corrected chi connectivity index (χ0v) is 19.6. The van der Waals surface area contributed by atoms with E-state index < -0.39 is 0 Å². The number of furan rings is 1. The Kier molecular flexibility index (Phi) is 5.81. The molecule has 0 fully saturated rings. The molecule has 6 nitrogen and oxygen atoms in total. The van der Waals surface area contributed by atoms with Crippen molar-refractivity contribution in [1.82, 2.24) is 15.0 Å². The molecule has 5 aromatic rings. The minimum absolute atomic E-state index is 0.296. The first kappa shape index (κ1) is 21.8. The minimum atomic E-state index is -0.326. The largest absolute Gasteiger partial charge is 0.457 e. The number of fused-ring (bicyclic) bond motifs is 1. The van der Waals surface area contributed by atoms with Crippen LogP contribution in [0.4, 0.5) is 10.1 Å². The summed E-state index contributed by atoms with van der Waals surface area (Å²) in [4.78, 5) is 14.0. The minimum Gasteiger partial charge on any atom is -0.457 e. The first-order valence-corrected chi connectivity index (χ1v) is 11.2. The lowest BCUT2D eigenvalue weighted by atomic mass is 10.1. The van der Waals surface area contributed by atoms with Crippen molar-refractivity contribution in [2.24, 2.45) is 0 Å². The molecule has 0 aliphatic carbocycles. The summed E-state index contributed by atoms with van der Waals surface area (Å²) in [5, 5.41) is 11.8. The number of benzene rings is 3. The van der Waals surface area contributed by atoms with E-state index in [4.69, 9.17) is 4.42 Å². The fourth-order valence-corrected chi connectivity index (χ4v) is 3.70. The Labute approximate surface area is 202 Å². The molecule has 2 heterocycles. The summed E-state index contributed by atoms with van der Waals surface area (Å²) in [6.45, 7) is 1.88. The van der Waals surface area contributed by atoms with Gasteiger partial charge in [0.05, 0.1) is 5.69 Å². The number of halogens is 2. The summed E-state index contributed by atoms with van der Waals surface area (Å²) in [7, 11) is 0. The quantitative estimate of drug-likeness (QED) is 0.269. The fraction of sp³-hybridized carbons (Fsp3) is 0.0385. The molecule has 3 aromatic carbocycles. The van der Waals surface area contributed by atoms with Crippen LogP contribution in [0.5, 0.6) is 0 Å². The van der Waals surface area contributed by atoms with Gasteiger partial charge in [0.1, 0.15) is 28.4 Å². The Morgan fingerprint density at radius 2 is 1.71 bits per heavy atom. The molecule has 0 saturated carbocycles. The second kappa shape index (κ2) is 9.07. The number of hydrogen-bond donors (Lipinski definition) is 1. The molecule has 0 saturated heterocycles. The summed E-state index contributed by atoms with van der Waals surface area (Å²) in [6.07, 6.45) is 3.04. The number of amides is 1. The van der Waals surface area contributed by atoms with Crippen molar-refractivity contribution in [2.75, 3.05) is 5.32 Å². The third-order valence-electron chi connectivity index (χ3n) is 5.20. The molecule has 2 aromatic heterocycles. The van der Waals surface area contributed by atoms with E-state index in [1.165, 1.54) is 23.0 Å². The highest BCUT2D eigenvalue weighted by atomic mass is 79.9. The first-order chi connectivity index (χ1) is 16.4. The number of hydrogen-bond acceptors (Lipinski definition) is 4. The lowest BCUT2D eigenvalue weighted by molar-refractivity contribution is -0.111. The van der Waals surface area contributed by atoms with Gasteiger partial charge in [0.15, 0.2) is 0 Å². The second-order valence-corrected chi connectivity index (χ2v) is 8.57. The van der Waals surface area contributed by atoms with Crippen molar-refractivity contribution in [2.45, 2.75) is 6.92 Å². The molecule has 0 bridgehead atoms. The third kappa shape index (κ3) is 4.67. The maximum Gasteiger partial charge on any atom is 0.248 e. The SMILES string of the molecule is Cc1cc2nn(-c3ccc(F)cc3)nc2cc1NC(=O)/C=C/c1ccc(-c2ccc(Br)cc2)o1. The van der Waals surface area contributed by atoms with Gasteiger partial charge in [-0.3, -0.25) is 4.79 Å². The molecule has 0 unspecified atom stereocenters. The smallest absolute Gasteiger partial charge is 0.248 e.